The van der Waals surface area contributed by atoms with Crippen molar-refractivity contribution >= 4 is 9.52 Å². The normalized spacial score (nSPS) is 31.7. The van der Waals surface area contributed by atoms with Crippen LogP contribution in [0.15, 0.2) is 12.1 Å². The lowest BCUT2D eigenvalue weighted by atomic mass is 9.70. The Morgan fingerprint density at radius 2 is 1.33 bits per heavy atom. The Morgan fingerprint density at radius 1 is 0.833 bits per heavy atom. The second-order valence-electron chi connectivity index (χ2n) is 7.98. The highest BCUT2D eigenvalue weighted by Crippen LogP contribution is 2.45. The Kier molecular flexibility index (Phi) is 6.06. The summed E-state index contributed by atoms with van der Waals surface area (Å²) in [5.74, 6) is -1.60. The van der Waals surface area contributed by atoms with Gasteiger partial charge >= 0.3 is 0 Å². The second-order valence-corrected chi connectivity index (χ2v) is 10.7. The first-order chi connectivity index (χ1) is 11.6. The molecule has 1 aromatic rings. The van der Waals surface area contributed by atoms with E-state index in [2.05, 4.69) is 6.92 Å². The lowest BCUT2D eigenvalue weighted by Gasteiger charge is -2.38. The summed E-state index contributed by atoms with van der Waals surface area (Å²) < 4.78 is 40.0. The van der Waals surface area contributed by atoms with Crippen molar-refractivity contribution in [2.45, 2.75) is 75.8 Å². The van der Waals surface area contributed by atoms with E-state index in [0.717, 1.165) is 43.1 Å². The van der Waals surface area contributed by atoms with Crippen LogP contribution in [0.2, 0.25) is 11.6 Å². The predicted molar refractivity (Wildman–Crippen MR) is 95.7 cm³/mol. The van der Waals surface area contributed by atoms with Gasteiger partial charge in [0.25, 0.3) is 0 Å². The van der Waals surface area contributed by atoms with Crippen LogP contribution >= 0.6 is 0 Å². The van der Waals surface area contributed by atoms with Crippen LogP contribution in [0.25, 0.3) is 0 Å². The van der Waals surface area contributed by atoms with E-state index >= 15 is 0 Å². The molecule has 2 aliphatic rings. The third-order valence-corrected chi connectivity index (χ3v) is 8.71. The van der Waals surface area contributed by atoms with Crippen LogP contribution in [0.1, 0.15) is 69.8 Å². The minimum Gasteiger partial charge on any atom is -0.204 e. The zero-order chi connectivity index (χ0) is 17.1. The second kappa shape index (κ2) is 8.07. The van der Waals surface area contributed by atoms with Crippen molar-refractivity contribution in [3.05, 3.63) is 35.1 Å². The van der Waals surface area contributed by atoms with E-state index in [9.17, 15) is 13.2 Å². The van der Waals surface area contributed by atoms with E-state index in [-0.39, 0.29) is 15.4 Å². The maximum Gasteiger partial charge on any atom is 0.194 e. The van der Waals surface area contributed by atoms with Crippen molar-refractivity contribution in [2.75, 3.05) is 0 Å². The molecule has 4 heteroatoms. The van der Waals surface area contributed by atoms with Crippen LogP contribution in [0.4, 0.5) is 13.2 Å². The van der Waals surface area contributed by atoms with Gasteiger partial charge in [0.05, 0.1) is 0 Å². The van der Waals surface area contributed by atoms with Crippen LogP contribution in [-0.2, 0) is 0 Å². The fourth-order valence-electron chi connectivity index (χ4n) is 5.09. The summed E-state index contributed by atoms with van der Waals surface area (Å²) in [6.07, 6.45) is 9.97. The number of rotatable bonds is 4. The average Bonchev–Trinajstić information content (AvgIpc) is 2.60. The number of benzene rings is 1. The van der Waals surface area contributed by atoms with Crippen LogP contribution in [-0.4, -0.2) is 9.52 Å². The van der Waals surface area contributed by atoms with E-state index in [4.69, 9.17) is 0 Å². The van der Waals surface area contributed by atoms with Gasteiger partial charge in [-0.1, -0.05) is 44.2 Å². The Bertz CT molecular complexity index is 521. The molecule has 0 atom stereocenters. The van der Waals surface area contributed by atoms with E-state index < -0.39 is 17.5 Å². The number of halogens is 3. The molecular weight excluding hydrogens is 325 g/mol. The highest BCUT2D eigenvalue weighted by molar-refractivity contribution is 6.37. The molecule has 0 aromatic heterocycles. The molecule has 2 saturated carbocycles. The minimum atomic E-state index is -1.35. The summed E-state index contributed by atoms with van der Waals surface area (Å²) in [5.41, 5.74) is 1.72. The molecule has 0 bridgehead atoms. The summed E-state index contributed by atoms with van der Waals surface area (Å²) in [5, 5.41) is 0. The molecule has 0 radical (unpaired) electrons. The van der Waals surface area contributed by atoms with Crippen LogP contribution < -0.4 is 0 Å². The van der Waals surface area contributed by atoms with Gasteiger partial charge in [0, 0.05) is 9.52 Å². The number of hydrogen-bond donors (Lipinski definition) is 0. The molecule has 0 N–H and O–H groups in total. The van der Waals surface area contributed by atoms with Gasteiger partial charge in [-0.3, -0.25) is 0 Å². The first-order valence-corrected chi connectivity index (χ1v) is 11.5. The lowest BCUT2D eigenvalue weighted by Crippen LogP contribution is -2.25. The molecule has 0 aliphatic heterocycles. The first-order valence-electron chi connectivity index (χ1n) is 9.72. The molecule has 3 rings (SSSR count). The Morgan fingerprint density at radius 3 is 1.83 bits per heavy atom. The van der Waals surface area contributed by atoms with Gasteiger partial charge in [0.1, 0.15) is 0 Å². The lowest BCUT2D eigenvalue weighted by molar-refractivity contribution is 0.185. The maximum atomic E-state index is 13.5. The van der Waals surface area contributed by atoms with E-state index in [1.165, 1.54) is 43.9 Å². The van der Waals surface area contributed by atoms with Gasteiger partial charge < -0.3 is 0 Å². The zero-order valence-corrected chi connectivity index (χ0v) is 16.1. The van der Waals surface area contributed by atoms with Crippen molar-refractivity contribution in [1.82, 2.24) is 0 Å². The van der Waals surface area contributed by atoms with Crippen molar-refractivity contribution in [1.29, 1.82) is 0 Å². The van der Waals surface area contributed by atoms with Crippen molar-refractivity contribution in [3.8, 4) is 0 Å². The molecule has 0 saturated heterocycles. The average molecular weight is 355 g/mol. The quantitative estimate of drug-likeness (QED) is 0.462. The topological polar surface area (TPSA) is 0 Å². The van der Waals surface area contributed by atoms with Crippen LogP contribution in [0.3, 0.4) is 0 Å². The highest BCUT2D eigenvalue weighted by atomic mass is 28.2. The molecule has 0 nitrogen and oxygen atoms in total. The molecule has 0 amide bonds. The zero-order valence-electron chi connectivity index (χ0n) is 14.7. The molecule has 0 spiro atoms. The van der Waals surface area contributed by atoms with Gasteiger partial charge in [-0.15, -0.1) is 0 Å². The fraction of sp³-hybridized carbons (Fsp3) is 0.700. The standard InChI is InChI=1S/C20H29F3Si/c1-2-24-17-9-7-14(8-10-17)13-3-5-15(6-4-13)16-11-18(21)20(23)19(22)12-16/h11-15,17H,2-10,24H2,1H3. The molecule has 0 heterocycles. The Balaban J connectivity index is 1.53. The first kappa shape index (κ1) is 18.0. The van der Waals surface area contributed by atoms with Gasteiger partial charge in [0.15, 0.2) is 17.5 Å². The summed E-state index contributed by atoms with van der Waals surface area (Å²) in [6.45, 7) is 2.33. The monoisotopic (exact) mass is 354 g/mol. The van der Waals surface area contributed by atoms with E-state index in [1.807, 2.05) is 0 Å². The Labute approximate surface area is 146 Å². The Hall–Kier alpha value is -0.773. The van der Waals surface area contributed by atoms with Crippen LogP contribution in [0.5, 0.6) is 0 Å². The van der Waals surface area contributed by atoms with E-state index in [1.54, 1.807) is 0 Å². The molecule has 1 aromatic carbocycles. The van der Waals surface area contributed by atoms with Gasteiger partial charge in [0.2, 0.25) is 0 Å². The van der Waals surface area contributed by atoms with E-state index in [0.29, 0.717) is 5.56 Å². The third-order valence-electron chi connectivity index (χ3n) is 6.50. The number of hydrogen-bond acceptors (Lipinski definition) is 0. The predicted octanol–water partition coefficient (Wildman–Crippen LogP) is 5.96. The molecule has 2 aliphatic carbocycles. The minimum absolute atomic E-state index is 0.168. The third kappa shape index (κ3) is 4.06. The molecule has 134 valence electrons. The van der Waals surface area contributed by atoms with Gasteiger partial charge in [-0.25, -0.2) is 13.2 Å². The van der Waals surface area contributed by atoms with Crippen molar-refractivity contribution in [3.63, 3.8) is 0 Å². The van der Waals surface area contributed by atoms with Crippen molar-refractivity contribution in [2.24, 2.45) is 11.8 Å². The SMILES string of the molecule is CC[SiH2]C1CCC(C2CCC(c3cc(F)c(F)c(F)c3)CC2)CC1. The summed E-state index contributed by atoms with van der Waals surface area (Å²) in [4.78, 5) is 0. The molecule has 0 unspecified atom stereocenters. The molecular formula is C20H29F3Si. The summed E-state index contributed by atoms with van der Waals surface area (Å²) in [6, 6.07) is 3.83. The highest BCUT2D eigenvalue weighted by Gasteiger charge is 2.31. The molecule has 2 fully saturated rings. The summed E-state index contributed by atoms with van der Waals surface area (Å²) in [7, 11) is 0.168. The summed E-state index contributed by atoms with van der Waals surface area (Å²) >= 11 is 0. The molecule has 24 heavy (non-hydrogen) atoms. The van der Waals surface area contributed by atoms with Gasteiger partial charge in [-0.05, 0) is 61.1 Å². The largest absolute Gasteiger partial charge is 0.204 e. The smallest absolute Gasteiger partial charge is 0.194 e. The van der Waals surface area contributed by atoms with Crippen LogP contribution in [0, 0.1) is 29.3 Å². The van der Waals surface area contributed by atoms with Crippen molar-refractivity contribution < 1.29 is 13.2 Å². The maximum absolute atomic E-state index is 13.5. The van der Waals surface area contributed by atoms with Gasteiger partial charge in [-0.2, -0.15) is 0 Å². The fourth-order valence-corrected chi connectivity index (χ4v) is 6.96.